The van der Waals surface area contributed by atoms with E-state index in [-0.39, 0.29) is 11.4 Å². The lowest BCUT2D eigenvalue weighted by Crippen LogP contribution is -2.54. The largest absolute Gasteiger partial charge is 0.418 e. The van der Waals surface area contributed by atoms with Crippen LogP contribution in [0, 0.1) is 18.3 Å². The molecule has 5 nitrogen and oxygen atoms in total. The maximum Gasteiger partial charge on any atom is 0.418 e. The topological polar surface area (TPSA) is 80.3 Å². The van der Waals surface area contributed by atoms with E-state index in [0.29, 0.717) is 39.5 Å². The van der Waals surface area contributed by atoms with Gasteiger partial charge in [-0.05, 0) is 55.8 Å². The van der Waals surface area contributed by atoms with Crippen LogP contribution in [0.4, 0.5) is 13.2 Å². The summed E-state index contributed by atoms with van der Waals surface area (Å²) in [6.07, 6.45) is -2.62. The van der Waals surface area contributed by atoms with Crippen molar-refractivity contribution in [2.75, 3.05) is 7.05 Å². The van der Waals surface area contributed by atoms with Crippen molar-refractivity contribution in [2.24, 2.45) is 0 Å². The van der Waals surface area contributed by atoms with E-state index in [9.17, 15) is 13.2 Å². The number of hydrogen-bond donors (Lipinski definition) is 3. The molecule has 0 radical (unpaired) electrons. The molecule has 2 aromatic heterocycles. The Bertz CT molecular complexity index is 1290. The third kappa shape index (κ3) is 2.70. The lowest BCUT2D eigenvalue weighted by Gasteiger charge is -2.36. The molecule has 4 aromatic rings. The summed E-state index contributed by atoms with van der Waals surface area (Å²) in [5, 5.41) is 12.2. The van der Waals surface area contributed by atoms with Gasteiger partial charge in [0, 0.05) is 22.7 Å². The predicted molar refractivity (Wildman–Crippen MR) is 109 cm³/mol. The summed E-state index contributed by atoms with van der Waals surface area (Å²) in [5.41, 5.74) is 0.785. The van der Waals surface area contributed by atoms with Crippen molar-refractivity contribution in [1.82, 2.24) is 20.3 Å². The molecule has 2 aromatic carbocycles. The number of aryl methyl sites for hydroxylation is 2. The average Bonchev–Trinajstić information content (AvgIpc) is 3.35. The van der Waals surface area contributed by atoms with E-state index >= 15 is 0 Å². The highest BCUT2D eigenvalue weighted by molar-refractivity contribution is 5.89. The number of nitrogens with one attached hydrogen (secondary N) is 3. The van der Waals surface area contributed by atoms with Crippen LogP contribution in [-0.4, -0.2) is 28.2 Å². The van der Waals surface area contributed by atoms with Crippen LogP contribution in [0.15, 0.2) is 36.5 Å². The van der Waals surface area contributed by atoms with Crippen LogP contribution in [0.5, 0.6) is 0 Å². The zero-order valence-electron chi connectivity index (χ0n) is 16.7. The molecule has 0 aliphatic heterocycles. The van der Waals surface area contributed by atoms with E-state index in [2.05, 4.69) is 20.3 Å². The highest BCUT2D eigenvalue weighted by Gasteiger charge is 2.60. The monoisotopic (exact) mass is 411 g/mol. The fourth-order valence-electron chi connectivity index (χ4n) is 4.24. The number of imidazole rings is 1. The van der Waals surface area contributed by atoms with E-state index in [1.54, 1.807) is 24.4 Å². The molecule has 0 fully saturated rings. The number of hydrogen-bond acceptors (Lipinski definition) is 3. The van der Waals surface area contributed by atoms with Gasteiger partial charge >= 0.3 is 6.18 Å². The SMILES string of the molecule is CCc1cc(C)c2[nH]ccc2c1C(NC)(c1nc2ccc(C#N)cc2[nH]1)C(F)(F)F. The number of aromatic amines is 2. The van der Waals surface area contributed by atoms with Gasteiger partial charge in [-0.15, -0.1) is 0 Å². The minimum absolute atomic E-state index is 0.126. The fourth-order valence-corrected chi connectivity index (χ4v) is 4.24. The summed E-state index contributed by atoms with van der Waals surface area (Å²) in [7, 11) is 1.29. The van der Waals surface area contributed by atoms with Crippen molar-refractivity contribution >= 4 is 21.9 Å². The number of halogens is 3. The van der Waals surface area contributed by atoms with E-state index in [4.69, 9.17) is 5.26 Å². The number of H-pyrrole nitrogens is 2. The van der Waals surface area contributed by atoms with Gasteiger partial charge in [0.2, 0.25) is 0 Å². The third-order valence-electron chi connectivity index (χ3n) is 5.64. The summed E-state index contributed by atoms with van der Waals surface area (Å²) in [6, 6.07) is 10.1. The molecule has 0 spiro atoms. The Morgan fingerprint density at radius 1 is 1.20 bits per heavy atom. The van der Waals surface area contributed by atoms with Gasteiger partial charge in [0.05, 0.1) is 22.7 Å². The first-order valence-electron chi connectivity index (χ1n) is 9.52. The van der Waals surface area contributed by atoms with Crippen molar-refractivity contribution in [2.45, 2.75) is 32.0 Å². The first kappa shape index (κ1) is 20.0. The molecule has 3 N–H and O–H groups in total. The first-order chi connectivity index (χ1) is 14.3. The molecule has 8 heteroatoms. The minimum Gasteiger partial charge on any atom is -0.361 e. The van der Waals surface area contributed by atoms with Crippen molar-refractivity contribution in [3.05, 3.63) is 64.6 Å². The van der Waals surface area contributed by atoms with E-state index < -0.39 is 11.7 Å². The van der Waals surface area contributed by atoms with Gasteiger partial charge in [0.1, 0.15) is 5.82 Å². The van der Waals surface area contributed by atoms with Crippen LogP contribution in [0.2, 0.25) is 0 Å². The smallest absolute Gasteiger partial charge is 0.361 e. The molecule has 154 valence electrons. The molecule has 2 heterocycles. The van der Waals surface area contributed by atoms with Gasteiger partial charge in [0.15, 0.2) is 5.54 Å². The van der Waals surface area contributed by atoms with Crippen molar-refractivity contribution in [1.29, 1.82) is 5.26 Å². The quantitative estimate of drug-likeness (QED) is 0.451. The van der Waals surface area contributed by atoms with Gasteiger partial charge in [-0.2, -0.15) is 18.4 Å². The van der Waals surface area contributed by atoms with E-state index in [1.807, 2.05) is 19.9 Å². The Kier molecular flexibility index (Phi) is 4.59. The summed E-state index contributed by atoms with van der Waals surface area (Å²) in [5.74, 6) is -0.261. The lowest BCUT2D eigenvalue weighted by molar-refractivity contribution is -0.187. The van der Waals surface area contributed by atoms with Gasteiger partial charge in [-0.1, -0.05) is 13.0 Å². The molecule has 0 aliphatic rings. The molecule has 30 heavy (non-hydrogen) atoms. The van der Waals surface area contributed by atoms with Crippen LogP contribution in [0.3, 0.4) is 0 Å². The zero-order chi connectivity index (χ0) is 21.7. The molecule has 1 atom stereocenters. The number of nitriles is 1. The van der Waals surface area contributed by atoms with Gasteiger partial charge in [0.25, 0.3) is 0 Å². The standard InChI is InChI=1S/C22H20F3N5/c1-4-14-9-12(2)19-15(7-8-28-19)18(14)21(27-3,22(23,24)25)20-29-16-6-5-13(11-26)10-17(16)30-20/h5-10,27-28H,4H2,1-3H3,(H,29,30). The molecule has 4 rings (SSSR count). The van der Waals surface area contributed by atoms with E-state index in [1.165, 1.54) is 19.2 Å². The Morgan fingerprint density at radius 3 is 2.60 bits per heavy atom. The summed E-state index contributed by atoms with van der Waals surface area (Å²) in [6.45, 7) is 3.71. The highest BCUT2D eigenvalue weighted by atomic mass is 19.4. The molecular weight excluding hydrogens is 391 g/mol. The molecule has 1 unspecified atom stereocenters. The Balaban J connectivity index is 2.13. The Morgan fingerprint density at radius 2 is 1.97 bits per heavy atom. The number of alkyl halides is 3. The van der Waals surface area contributed by atoms with Crippen molar-refractivity contribution < 1.29 is 13.2 Å². The van der Waals surface area contributed by atoms with Gasteiger partial charge in [-0.25, -0.2) is 4.98 Å². The van der Waals surface area contributed by atoms with Crippen LogP contribution in [0.1, 0.15) is 35.0 Å². The molecular formula is C22H20F3N5. The van der Waals surface area contributed by atoms with Crippen LogP contribution in [0.25, 0.3) is 21.9 Å². The normalized spacial score (nSPS) is 14.2. The zero-order valence-corrected chi connectivity index (χ0v) is 16.7. The Labute approximate surface area is 170 Å². The second kappa shape index (κ2) is 6.89. The van der Waals surface area contributed by atoms with Gasteiger partial charge < -0.3 is 9.97 Å². The number of nitrogens with zero attached hydrogens (tertiary/aromatic N) is 2. The highest BCUT2D eigenvalue weighted by Crippen LogP contribution is 2.47. The van der Waals surface area contributed by atoms with E-state index in [0.717, 1.165) is 5.56 Å². The summed E-state index contributed by atoms with van der Waals surface area (Å²) < 4.78 is 44.7. The van der Waals surface area contributed by atoms with Crippen molar-refractivity contribution in [3.63, 3.8) is 0 Å². The molecule has 0 bridgehead atoms. The Hall–Kier alpha value is -3.31. The number of rotatable bonds is 4. The molecule has 0 aliphatic carbocycles. The predicted octanol–water partition coefficient (Wildman–Crippen LogP) is 4.81. The third-order valence-corrected chi connectivity index (χ3v) is 5.64. The van der Waals surface area contributed by atoms with Gasteiger partial charge in [-0.3, -0.25) is 5.32 Å². The maximum atomic E-state index is 14.9. The average molecular weight is 411 g/mol. The maximum absolute atomic E-state index is 14.9. The molecule has 0 saturated carbocycles. The number of aromatic nitrogens is 3. The minimum atomic E-state index is -4.70. The van der Waals surface area contributed by atoms with Crippen LogP contribution >= 0.6 is 0 Å². The summed E-state index contributed by atoms with van der Waals surface area (Å²) in [4.78, 5) is 10.2. The lowest BCUT2D eigenvalue weighted by atomic mass is 9.81. The number of benzene rings is 2. The first-order valence-corrected chi connectivity index (χ1v) is 9.52. The molecule has 0 saturated heterocycles. The molecule has 0 amide bonds. The second-order valence-corrected chi connectivity index (χ2v) is 7.27. The fraction of sp³-hybridized carbons (Fsp3) is 0.273. The van der Waals surface area contributed by atoms with Crippen LogP contribution < -0.4 is 5.32 Å². The van der Waals surface area contributed by atoms with Crippen molar-refractivity contribution in [3.8, 4) is 6.07 Å². The van der Waals surface area contributed by atoms with Crippen LogP contribution in [-0.2, 0) is 12.0 Å². The second-order valence-electron chi connectivity index (χ2n) is 7.27. The number of fused-ring (bicyclic) bond motifs is 2. The summed E-state index contributed by atoms with van der Waals surface area (Å²) >= 11 is 0.